The smallest absolute Gasteiger partial charge is 0.320 e. The number of hydrogen-bond acceptors (Lipinski definition) is 10. The Balaban J connectivity index is 1.07. The van der Waals surface area contributed by atoms with Crippen LogP contribution in [0.4, 0.5) is 10.6 Å². The fourth-order valence-corrected chi connectivity index (χ4v) is 7.57. The van der Waals surface area contributed by atoms with Crippen LogP contribution >= 0.6 is 11.6 Å². The first-order valence-corrected chi connectivity index (χ1v) is 20.2. The summed E-state index contributed by atoms with van der Waals surface area (Å²) < 4.78 is 43.5. The molecule has 1 saturated heterocycles. The van der Waals surface area contributed by atoms with Crippen LogP contribution in [0.3, 0.4) is 0 Å². The van der Waals surface area contributed by atoms with Gasteiger partial charge in [-0.15, -0.1) is 10.2 Å². The van der Waals surface area contributed by atoms with Gasteiger partial charge < -0.3 is 14.8 Å². The second kappa shape index (κ2) is 15.2. The zero-order valence-electron chi connectivity index (χ0n) is 31.0. The van der Waals surface area contributed by atoms with Gasteiger partial charge in [0.2, 0.25) is 0 Å². The molecule has 286 valence electrons. The summed E-state index contributed by atoms with van der Waals surface area (Å²) in [5.74, 6) is 2.42. The van der Waals surface area contributed by atoms with Crippen molar-refractivity contribution in [3.63, 3.8) is 0 Å². The summed E-state index contributed by atoms with van der Waals surface area (Å²) in [6, 6.07) is 18.4. The summed E-state index contributed by atoms with van der Waals surface area (Å²) >= 11 is 6.40. The van der Waals surface area contributed by atoms with E-state index in [-0.39, 0.29) is 42.8 Å². The van der Waals surface area contributed by atoms with Gasteiger partial charge in [-0.25, -0.2) is 9.48 Å². The van der Waals surface area contributed by atoms with Crippen molar-refractivity contribution in [3.8, 4) is 17.2 Å². The van der Waals surface area contributed by atoms with E-state index < -0.39 is 10.1 Å². The number of nitrogens with zero attached hydrogens (tertiary/aromatic N) is 6. The van der Waals surface area contributed by atoms with Crippen LogP contribution < -0.4 is 20.1 Å². The number of halogens is 1. The molecule has 14 nitrogen and oxygen atoms in total. The van der Waals surface area contributed by atoms with E-state index in [1.807, 2.05) is 67.8 Å². The van der Waals surface area contributed by atoms with Gasteiger partial charge in [0, 0.05) is 17.5 Å². The first-order valence-electron chi connectivity index (χ1n) is 18.0. The monoisotopic (exact) mass is 776 g/mol. The Kier molecular flexibility index (Phi) is 10.6. The van der Waals surface area contributed by atoms with Gasteiger partial charge in [0.15, 0.2) is 11.5 Å². The van der Waals surface area contributed by atoms with Crippen molar-refractivity contribution >= 4 is 39.2 Å². The molecule has 1 fully saturated rings. The average molecular weight is 777 g/mol. The number of carbonyl (C=O) groups is 1. The lowest BCUT2D eigenvalue weighted by molar-refractivity contribution is 0.171. The van der Waals surface area contributed by atoms with Crippen LogP contribution in [0.5, 0.6) is 11.5 Å². The van der Waals surface area contributed by atoms with E-state index in [1.54, 1.807) is 22.9 Å². The van der Waals surface area contributed by atoms with E-state index in [1.165, 1.54) is 0 Å². The fourth-order valence-electron chi connectivity index (χ4n) is 7.03. The predicted octanol–water partition coefficient (Wildman–Crippen LogP) is 6.76. The van der Waals surface area contributed by atoms with Gasteiger partial charge in [0.05, 0.1) is 40.9 Å². The molecule has 1 aliphatic carbocycles. The van der Waals surface area contributed by atoms with Crippen molar-refractivity contribution in [3.05, 3.63) is 94.5 Å². The van der Waals surface area contributed by atoms with Crippen LogP contribution in [0, 0.1) is 0 Å². The third kappa shape index (κ3) is 8.33. The van der Waals surface area contributed by atoms with Crippen molar-refractivity contribution in [1.82, 2.24) is 34.6 Å². The number of benzene rings is 2. The lowest BCUT2D eigenvalue weighted by atomic mass is 9.85. The van der Waals surface area contributed by atoms with Crippen LogP contribution in [-0.2, 0) is 19.7 Å². The minimum atomic E-state index is -3.61. The second-order valence-corrected chi connectivity index (χ2v) is 16.9. The number of ether oxygens (including phenoxy) is 2. The lowest BCUT2D eigenvalue weighted by Gasteiger charge is -2.32. The molecular formula is C38H45ClN8O6S. The number of carbonyl (C=O) groups excluding carboxylic acids is 1. The highest BCUT2D eigenvalue weighted by molar-refractivity contribution is 7.85. The summed E-state index contributed by atoms with van der Waals surface area (Å²) in [6.45, 7) is 6.94. The standard InChI is InChI=1S/C38H45ClN8O6S/c1-38(2,3)33-22-35(47(44-33)24-12-14-28(39)32(21-24)51-19-20-52-54(5,49)50)41-37(48)40-29-15-16-31(27-10-7-6-9-26(27)29)53-25-13-17-34-42-43-36(46(34)23-25)30-11-8-18-45(30)4/h6-7,9-10,12-14,17,21-23,29-31H,8,11,15-16,18-20H2,1-5H3,(H2,40,41,48)/t29-,30-,31+/m0/s1. The molecule has 2 N–H and O–H groups in total. The summed E-state index contributed by atoms with van der Waals surface area (Å²) in [5.41, 5.74) is 3.81. The number of urea groups is 1. The first kappa shape index (κ1) is 37.6. The van der Waals surface area contributed by atoms with E-state index in [4.69, 9.17) is 30.4 Å². The average Bonchev–Trinajstić information content (AvgIpc) is 3.86. The van der Waals surface area contributed by atoms with E-state index in [0.717, 1.165) is 59.7 Å². The van der Waals surface area contributed by atoms with Crippen molar-refractivity contribution in [2.24, 2.45) is 0 Å². The van der Waals surface area contributed by atoms with Crippen LogP contribution in [-0.4, -0.2) is 76.8 Å². The van der Waals surface area contributed by atoms with Gasteiger partial charge >= 0.3 is 6.03 Å². The molecule has 0 saturated carbocycles. The first-order chi connectivity index (χ1) is 25.7. The molecule has 0 spiro atoms. The Bertz CT molecular complexity index is 2270. The number of fused-ring (bicyclic) bond motifs is 2. The zero-order valence-corrected chi connectivity index (χ0v) is 32.5. The Morgan fingerprint density at radius 1 is 1.00 bits per heavy atom. The lowest BCUT2D eigenvalue weighted by Crippen LogP contribution is -2.36. The third-order valence-electron chi connectivity index (χ3n) is 9.76. The second-order valence-electron chi connectivity index (χ2n) is 14.8. The summed E-state index contributed by atoms with van der Waals surface area (Å²) in [5, 5.41) is 20.3. The van der Waals surface area contributed by atoms with Crippen LogP contribution in [0.15, 0.2) is 66.9 Å². The van der Waals surface area contributed by atoms with Gasteiger partial charge in [-0.2, -0.15) is 13.5 Å². The molecule has 7 rings (SSSR count). The number of nitrogens with one attached hydrogen (secondary N) is 2. The van der Waals surface area contributed by atoms with Crippen molar-refractivity contribution < 1.29 is 26.9 Å². The molecule has 16 heteroatoms. The molecule has 0 unspecified atom stereocenters. The van der Waals surface area contributed by atoms with Crippen molar-refractivity contribution in [2.45, 2.75) is 70.1 Å². The Morgan fingerprint density at radius 2 is 1.80 bits per heavy atom. The quantitative estimate of drug-likeness (QED) is 0.109. The molecule has 5 aromatic rings. The minimum absolute atomic E-state index is 0.0403. The number of hydrogen-bond donors (Lipinski definition) is 2. The van der Waals surface area contributed by atoms with E-state index >= 15 is 0 Å². The van der Waals surface area contributed by atoms with Gasteiger partial charge in [0.1, 0.15) is 36.6 Å². The number of amides is 2. The highest BCUT2D eigenvalue weighted by Gasteiger charge is 2.31. The number of anilines is 1. The van der Waals surface area contributed by atoms with Crippen molar-refractivity contribution in [2.75, 3.05) is 38.4 Å². The van der Waals surface area contributed by atoms with E-state index in [0.29, 0.717) is 35.1 Å². The molecule has 2 aliphatic rings. The van der Waals surface area contributed by atoms with Crippen LogP contribution in [0.1, 0.15) is 87.3 Å². The Hall–Kier alpha value is -4.70. The Morgan fingerprint density at radius 3 is 2.54 bits per heavy atom. The molecule has 3 atom stereocenters. The van der Waals surface area contributed by atoms with Crippen molar-refractivity contribution in [1.29, 1.82) is 0 Å². The molecule has 1 aliphatic heterocycles. The van der Waals surface area contributed by atoms with Gasteiger partial charge in [0.25, 0.3) is 10.1 Å². The molecule has 2 amide bonds. The zero-order chi connectivity index (χ0) is 38.2. The maximum Gasteiger partial charge on any atom is 0.320 e. The molecule has 4 heterocycles. The molecule has 3 aromatic heterocycles. The van der Waals surface area contributed by atoms with Gasteiger partial charge in [-0.1, -0.05) is 56.6 Å². The predicted molar refractivity (Wildman–Crippen MR) is 205 cm³/mol. The van der Waals surface area contributed by atoms with Gasteiger partial charge in [-0.05, 0) is 74.7 Å². The van der Waals surface area contributed by atoms with Gasteiger partial charge in [-0.3, -0.25) is 18.8 Å². The topological polar surface area (TPSA) is 154 Å². The van der Waals surface area contributed by atoms with E-state index in [9.17, 15) is 13.2 Å². The highest BCUT2D eigenvalue weighted by Crippen LogP contribution is 2.39. The highest BCUT2D eigenvalue weighted by atomic mass is 35.5. The number of pyridine rings is 1. The molecule has 0 bridgehead atoms. The summed E-state index contributed by atoms with van der Waals surface area (Å²) in [7, 11) is -1.48. The molecule has 2 aromatic carbocycles. The SMILES string of the molecule is CN1CCC[C@H]1c1nnc2ccc(O[C@@H]3CC[C@H](NC(=O)Nc4cc(C(C)(C)C)nn4-c4ccc(Cl)c(OCCOS(C)(=O)=O)c4)c4ccccc43)cn12. The third-order valence-corrected chi connectivity index (χ3v) is 10.7. The number of likely N-dealkylation sites (tertiary alicyclic amines) is 1. The molecule has 0 radical (unpaired) electrons. The molecular weight excluding hydrogens is 732 g/mol. The van der Waals surface area contributed by atoms with Crippen LogP contribution in [0.2, 0.25) is 5.02 Å². The number of rotatable bonds is 11. The maximum absolute atomic E-state index is 13.7. The fraction of sp³-hybridized carbons (Fsp3) is 0.421. The minimum Gasteiger partial charge on any atom is -0.489 e. The summed E-state index contributed by atoms with van der Waals surface area (Å²) in [6.07, 6.45) is 6.28. The largest absolute Gasteiger partial charge is 0.489 e. The number of aromatic nitrogens is 5. The normalized spacial score (nSPS) is 19.1. The maximum atomic E-state index is 13.7. The molecule has 54 heavy (non-hydrogen) atoms. The van der Waals surface area contributed by atoms with Crippen LogP contribution in [0.25, 0.3) is 11.3 Å². The Labute approximate surface area is 319 Å². The summed E-state index contributed by atoms with van der Waals surface area (Å²) in [4.78, 5) is 16.0. The van der Waals surface area contributed by atoms with E-state index in [2.05, 4.69) is 38.8 Å².